The Morgan fingerprint density at radius 3 is 1.78 bits per heavy atom. The van der Waals surface area contributed by atoms with Crippen molar-refractivity contribution in [1.82, 2.24) is 4.40 Å². The lowest BCUT2D eigenvalue weighted by Gasteiger charge is -2.30. The highest BCUT2D eigenvalue weighted by molar-refractivity contribution is 7.22. The lowest BCUT2D eigenvalue weighted by Crippen LogP contribution is -2.25. The van der Waals surface area contributed by atoms with Gasteiger partial charge < -0.3 is 0 Å². The van der Waals surface area contributed by atoms with E-state index in [1.807, 2.05) is 6.07 Å². The molecule has 0 fully saturated rings. The normalized spacial score (nSPS) is 14.0. The van der Waals surface area contributed by atoms with Crippen LogP contribution in [0.2, 0.25) is 0 Å². The maximum Gasteiger partial charge on any atom is 0.273 e. The Bertz CT molecular complexity index is 2740. The number of rotatable bonds is 1. The Labute approximate surface area is 262 Å². The largest absolute Gasteiger partial charge is 0.274 e. The maximum absolute atomic E-state index is 14.8. The van der Waals surface area contributed by atoms with Gasteiger partial charge in [0.05, 0.1) is 16.4 Å². The molecule has 208 valence electrons. The average Bonchev–Trinajstić information content (AvgIpc) is 3.84. The number of hydrogen-bond acceptors (Lipinski definition) is 2. The summed E-state index contributed by atoms with van der Waals surface area (Å²) < 4.78 is 2.86. The van der Waals surface area contributed by atoms with Crippen LogP contribution in [-0.2, 0) is 5.41 Å². The summed E-state index contributed by atoms with van der Waals surface area (Å²) in [6.45, 7) is 0. The minimum absolute atomic E-state index is 0.0648. The number of para-hydroxylation sites is 1. The highest BCUT2D eigenvalue weighted by Crippen LogP contribution is 2.64. The minimum atomic E-state index is -0.445. The van der Waals surface area contributed by atoms with E-state index in [0.717, 1.165) is 47.7 Å². The lowest BCUT2D eigenvalue weighted by molar-refractivity contribution is 0.794. The molecule has 1 spiro atoms. The van der Waals surface area contributed by atoms with E-state index in [-0.39, 0.29) is 5.56 Å². The zero-order valence-corrected chi connectivity index (χ0v) is 24.9. The van der Waals surface area contributed by atoms with E-state index in [9.17, 15) is 4.79 Å². The summed E-state index contributed by atoms with van der Waals surface area (Å²) in [6.07, 6.45) is 0. The molecule has 0 amide bonds. The van der Waals surface area contributed by atoms with Gasteiger partial charge in [-0.2, -0.15) is 0 Å². The van der Waals surface area contributed by atoms with Gasteiger partial charge in [0.25, 0.3) is 5.56 Å². The highest BCUT2D eigenvalue weighted by Gasteiger charge is 2.52. The first-order chi connectivity index (χ1) is 22.3. The fourth-order valence-corrected chi connectivity index (χ4v) is 9.85. The first kappa shape index (κ1) is 23.9. The number of aromatic nitrogens is 1. The number of nitrogens with zero attached hydrogens (tertiary/aromatic N) is 1. The molecule has 45 heavy (non-hydrogen) atoms. The summed E-state index contributed by atoms with van der Waals surface area (Å²) in [4.78, 5) is 15.9. The molecule has 11 rings (SSSR count). The zero-order valence-electron chi connectivity index (χ0n) is 24.0. The molecule has 3 aromatic heterocycles. The van der Waals surface area contributed by atoms with Crippen LogP contribution >= 0.6 is 11.3 Å². The summed E-state index contributed by atoms with van der Waals surface area (Å²) in [5.41, 5.74) is 12.9. The molecule has 3 heterocycles. The molecule has 0 unspecified atom stereocenters. The molecule has 2 nitrogen and oxygen atoms in total. The standard InChI is InChI=1S/C42H23NOS/c44-41-40-31(23-36(45-40)24-11-2-1-3-12-24)28-17-10-16-27-29-21-22-35-37(39(29)43(41)38(27)28)30-15-6-9-20-34(30)42(35)32-18-7-4-13-25(32)26-14-5-8-19-33(26)42/h1-23H. The van der Waals surface area contributed by atoms with Gasteiger partial charge in [0.2, 0.25) is 0 Å². The van der Waals surface area contributed by atoms with Crippen molar-refractivity contribution in [3.05, 3.63) is 172 Å². The van der Waals surface area contributed by atoms with Crippen LogP contribution in [0.25, 0.3) is 70.0 Å². The van der Waals surface area contributed by atoms with E-state index in [1.165, 1.54) is 44.5 Å². The third-order valence-electron chi connectivity index (χ3n) is 10.4. The summed E-state index contributed by atoms with van der Waals surface area (Å²) in [5, 5.41) is 4.42. The van der Waals surface area contributed by atoms with Crippen molar-refractivity contribution < 1.29 is 0 Å². The van der Waals surface area contributed by atoms with E-state index in [2.05, 4.69) is 138 Å². The lowest BCUT2D eigenvalue weighted by atomic mass is 9.70. The van der Waals surface area contributed by atoms with Crippen LogP contribution in [0, 0.1) is 0 Å². The monoisotopic (exact) mass is 589 g/mol. The quantitative estimate of drug-likeness (QED) is 0.187. The summed E-state index contributed by atoms with van der Waals surface area (Å²) >= 11 is 1.60. The summed E-state index contributed by atoms with van der Waals surface area (Å²) in [6, 6.07) is 50.4. The van der Waals surface area contributed by atoms with E-state index < -0.39 is 5.41 Å². The SMILES string of the molecule is O=c1c2sc(-c3ccccc3)cc2c2cccc3c4ccc5c(c4n1c23)-c1ccccc1C51c2ccccc2-c2ccccc21. The van der Waals surface area contributed by atoms with E-state index >= 15 is 0 Å². The third kappa shape index (κ3) is 2.67. The Kier molecular flexibility index (Phi) is 4.32. The fourth-order valence-electron chi connectivity index (χ4n) is 8.74. The number of pyridine rings is 1. The van der Waals surface area contributed by atoms with Crippen LogP contribution in [0.5, 0.6) is 0 Å². The first-order valence-corrected chi connectivity index (χ1v) is 16.2. The third-order valence-corrected chi connectivity index (χ3v) is 11.6. The van der Waals surface area contributed by atoms with Crippen molar-refractivity contribution in [2.45, 2.75) is 5.41 Å². The molecule has 0 saturated heterocycles. The van der Waals surface area contributed by atoms with Gasteiger partial charge in [-0.15, -0.1) is 11.3 Å². The Morgan fingerprint density at radius 1 is 0.489 bits per heavy atom. The van der Waals surface area contributed by atoms with Crippen molar-refractivity contribution in [3.8, 4) is 32.7 Å². The van der Waals surface area contributed by atoms with Gasteiger partial charge in [0, 0.05) is 32.0 Å². The van der Waals surface area contributed by atoms with E-state index in [4.69, 9.17) is 0 Å². The van der Waals surface area contributed by atoms with E-state index in [0.29, 0.717) is 0 Å². The molecule has 2 aliphatic rings. The van der Waals surface area contributed by atoms with Crippen LogP contribution in [0.3, 0.4) is 0 Å². The number of thiophene rings is 1. The van der Waals surface area contributed by atoms with E-state index in [1.54, 1.807) is 11.3 Å². The van der Waals surface area contributed by atoms with Gasteiger partial charge in [-0.25, -0.2) is 0 Å². The van der Waals surface area contributed by atoms with Gasteiger partial charge in [-0.05, 0) is 50.6 Å². The second-order valence-corrected chi connectivity index (χ2v) is 13.4. The number of fused-ring (bicyclic) bond motifs is 16. The molecule has 0 bridgehead atoms. The highest BCUT2D eigenvalue weighted by atomic mass is 32.1. The molecule has 2 aliphatic carbocycles. The minimum Gasteiger partial charge on any atom is -0.274 e. The molecular formula is C42H23NOS. The molecule has 0 atom stereocenters. The van der Waals surface area contributed by atoms with Crippen LogP contribution in [0.1, 0.15) is 22.3 Å². The predicted octanol–water partition coefficient (Wildman–Crippen LogP) is 10.3. The van der Waals surface area contributed by atoms with Gasteiger partial charge in [0.1, 0.15) is 4.70 Å². The summed E-state index contributed by atoms with van der Waals surface area (Å²) in [5.74, 6) is 0. The molecule has 0 N–H and O–H groups in total. The van der Waals surface area contributed by atoms with Crippen LogP contribution in [0.4, 0.5) is 0 Å². The zero-order chi connectivity index (χ0) is 29.4. The fraction of sp³-hybridized carbons (Fsp3) is 0.0238. The number of hydrogen-bond donors (Lipinski definition) is 0. The van der Waals surface area contributed by atoms with Crippen molar-refractivity contribution in [1.29, 1.82) is 0 Å². The molecule has 0 aliphatic heterocycles. The molecule has 3 heteroatoms. The van der Waals surface area contributed by atoms with Gasteiger partial charge in [-0.1, -0.05) is 133 Å². The second kappa shape index (κ2) is 8.15. The molecule has 6 aromatic carbocycles. The number of benzene rings is 6. The smallest absolute Gasteiger partial charge is 0.273 e. The van der Waals surface area contributed by atoms with Crippen molar-refractivity contribution in [2.24, 2.45) is 0 Å². The van der Waals surface area contributed by atoms with Gasteiger partial charge in [-0.3, -0.25) is 9.20 Å². The summed E-state index contributed by atoms with van der Waals surface area (Å²) in [7, 11) is 0. The molecule has 0 saturated carbocycles. The van der Waals surface area contributed by atoms with Crippen LogP contribution < -0.4 is 5.56 Å². The van der Waals surface area contributed by atoms with Crippen molar-refractivity contribution in [3.63, 3.8) is 0 Å². The molecule has 0 radical (unpaired) electrons. The predicted molar refractivity (Wildman–Crippen MR) is 187 cm³/mol. The van der Waals surface area contributed by atoms with Crippen LogP contribution in [-0.4, -0.2) is 4.40 Å². The first-order valence-electron chi connectivity index (χ1n) is 15.4. The Morgan fingerprint density at radius 2 is 1.07 bits per heavy atom. The Balaban J connectivity index is 1.35. The second-order valence-electron chi connectivity index (χ2n) is 12.3. The van der Waals surface area contributed by atoms with Gasteiger partial charge in [0.15, 0.2) is 0 Å². The molecule has 9 aromatic rings. The molecular weight excluding hydrogens is 567 g/mol. The van der Waals surface area contributed by atoms with Crippen molar-refractivity contribution >= 4 is 48.6 Å². The van der Waals surface area contributed by atoms with Crippen molar-refractivity contribution in [2.75, 3.05) is 0 Å². The Hall–Kier alpha value is -5.51. The van der Waals surface area contributed by atoms with Gasteiger partial charge >= 0.3 is 0 Å². The van der Waals surface area contributed by atoms with Crippen LogP contribution in [0.15, 0.2) is 144 Å². The maximum atomic E-state index is 14.8. The topological polar surface area (TPSA) is 21.5 Å². The average molecular weight is 590 g/mol.